The number of aromatic amines is 1. The monoisotopic (exact) mass is 995 g/mol. The van der Waals surface area contributed by atoms with E-state index in [0.717, 1.165) is 82.2 Å². The van der Waals surface area contributed by atoms with Gasteiger partial charge < -0.3 is 35.6 Å². The summed E-state index contributed by atoms with van der Waals surface area (Å²) in [5.41, 5.74) is 1.32. The number of carbonyl (C=O) groups excluding carboxylic acids is 4. The van der Waals surface area contributed by atoms with Gasteiger partial charge in [0, 0.05) is 55.4 Å². The van der Waals surface area contributed by atoms with Crippen LogP contribution >= 0.6 is 0 Å². The Morgan fingerprint density at radius 3 is 1.90 bits per heavy atom. The number of nitrogens with zero attached hydrogens (tertiary/aromatic N) is 3. The highest BCUT2D eigenvalue weighted by Gasteiger charge is 2.44. The van der Waals surface area contributed by atoms with Crippen LogP contribution in [0, 0.1) is 46.3 Å². The van der Waals surface area contributed by atoms with Crippen LogP contribution in [0.25, 0.3) is 0 Å². The van der Waals surface area contributed by atoms with Crippen LogP contribution in [-0.4, -0.2) is 90.5 Å². The summed E-state index contributed by atoms with van der Waals surface area (Å²) < 4.78 is 11.2. The molecule has 5 unspecified atom stereocenters. The summed E-state index contributed by atoms with van der Waals surface area (Å²) >= 11 is 0. The number of aliphatic imine (C=N–C) groups is 1. The van der Waals surface area contributed by atoms with Gasteiger partial charge in [0.15, 0.2) is 0 Å². The van der Waals surface area contributed by atoms with Crippen molar-refractivity contribution in [3.8, 4) is 0 Å². The van der Waals surface area contributed by atoms with Crippen molar-refractivity contribution in [2.45, 2.75) is 192 Å². The predicted octanol–water partition coefficient (Wildman–Crippen LogP) is 10.9. The standard InChI is InChI=1S/C29H51N5O3.C25H43N5O4/c1-9-22(10-2)15-23(11-3)12-13-37-27(36)33-24-16-28(6,7)18-29(8,17-24)19-30-26(35)34-25-31-20(4)14-21(5)32-25;1-8-18(9-2)10-11-34-23(33)30(7)19-13-24(4,5)15-25(6,14-19)16-26-22(32)29-21-27-17(3)12-20(31)28-21/h14,22-24H,4,9-13,15-19H2,1-3,5-8H3,(H,33,36)(H3,30,31,32,34,35);12,18-19H,8-11,13-16H2,1-7H3,(H3,26,27,28,29,31,32). The molecule has 5 atom stereocenters. The zero-order valence-corrected chi connectivity index (χ0v) is 46.2. The Labute approximate surface area is 426 Å². The number of carbonyl (C=O) groups is 4. The average molecular weight is 995 g/mol. The summed E-state index contributed by atoms with van der Waals surface area (Å²) in [4.78, 5) is 74.6. The molecule has 71 heavy (non-hydrogen) atoms. The summed E-state index contributed by atoms with van der Waals surface area (Å²) in [7, 11) is 1.81. The number of allylic oxidation sites excluding steroid dienone is 2. The quantitative estimate of drug-likeness (QED) is 0.0660. The van der Waals surface area contributed by atoms with Gasteiger partial charge in [-0.25, -0.2) is 29.2 Å². The largest absolute Gasteiger partial charge is 0.450 e. The van der Waals surface area contributed by atoms with E-state index in [1.165, 1.54) is 25.3 Å². The number of hydrogen-bond donors (Lipinski definition) is 7. The highest BCUT2D eigenvalue weighted by atomic mass is 16.6. The second kappa shape index (κ2) is 27.7. The summed E-state index contributed by atoms with van der Waals surface area (Å²) in [5, 5.41) is 17.3. The second-order valence-electron chi connectivity index (χ2n) is 23.2. The van der Waals surface area contributed by atoms with Gasteiger partial charge in [0.25, 0.3) is 5.56 Å². The van der Waals surface area contributed by atoms with E-state index in [1.807, 2.05) is 20.0 Å². The molecule has 0 saturated heterocycles. The maximum absolute atomic E-state index is 12.7. The van der Waals surface area contributed by atoms with Crippen molar-refractivity contribution in [3.63, 3.8) is 0 Å². The normalized spacial score (nSPS) is 22.8. The van der Waals surface area contributed by atoms with Gasteiger partial charge in [0.1, 0.15) is 0 Å². The highest BCUT2D eigenvalue weighted by molar-refractivity contribution is 5.98. The first-order chi connectivity index (χ1) is 33.2. The highest BCUT2D eigenvalue weighted by Crippen LogP contribution is 2.48. The smallest absolute Gasteiger partial charge is 0.409 e. The van der Waals surface area contributed by atoms with Crippen LogP contribution < -0.4 is 37.5 Å². The number of nitrogens with one attached hydrogen (secondary N) is 7. The molecule has 402 valence electrons. The molecule has 2 fully saturated rings. The molecule has 3 aliphatic rings. The van der Waals surface area contributed by atoms with Gasteiger partial charge in [0.05, 0.1) is 13.2 Å². The Morgan fingerprint density at radius 1 is 0.775 bits per heavy atom. The minimum atomic E-state index is -0.427. The van der Waals surface area contributed by atoms with Gasteiger partial charge in [0.2, 0.25) is 11.9 Å². The van der Waals surface area contributed by atoms with Crippen LogP contribution in [0.2, 0.25) is 0 Å². The number of ether oxygens (including phenoxy) is 2. The number of aromatic nitrogens is 2. The lowest BCUT2D eigenvalue weighted by molar-refractivity contribution is 0.0197. The maximum atomic E-state index is 12.7. The molecule has 6 amide bonds. The van der Waals surface area contributed by atoms with Crippen molar-refractivity contribution in [2.75, 3.05) is 38.7 Å². The zero-order chi connectivity index (χ0) is 53.2. The van der Waals surface area contributed by atoms with Crippen LogP contribution in [0.15, 0.2) is 39.9 Å². The first kappa shape index (κ1) is 60.2. The molecule has 4 rings (SSSR count). The number of rotatable bonds is 20. The van der Waals surface area contributed by atoms with E-state index in [-0.39, 0.29) is 63.5 Å². The van der Waals surface area contributed by atoms with Crippen LogP contribution in [0.5, 0.6) is 0 Å². The van der Waals surface area contributed by atoms with Crippen molar-refractivity contribution in [3.05, 3.63) is 46.2 Å². The van der Waals surface area contributed by atoms with Crippen molar-refractivity contribution in [2.24, 2.45) is 44.4 Å². The number of H-pyrrole nitrogens is 1. The topological polar surface area (TPSA) is 220 Å². The van der Waals surface area contributed by atoms with E-state index in [4.69, 9.17) is 9.47 Å². The SMILES string of the molecule is C=C1C=C(C)N=C(NC(=O)NCC2(C)CC(NC(=O)OCCC(CC)CC(CC)CC)CC(C)(C)C2)N1.CCC(CC)CCOC(=O)N(C)C1CC(C)(C)CC(C)(CNC(=O)Nc2nc(C)cc(=O)[nH]2)C1. The summed E-state index contributed by atoms with van der Waals surface area (Å²) in [6.45, 7) is 33.4. The first-order valence-corrected chi connectivity index (χ1v) is 26.5. The van der Waals surface area contributed by atoms with Gasteiger partial charge in [-0.05, 0) is 117 Å². The van der Waals surface area contributed by atoms with E-state index < -0.39 is 6.03 Å². The molecular weight excluding hydrogens is 901 g/mol. The number of urea groups is 2. The third-order valence-electron chi connectivity index (χ3n) is 14.7. The van der Waals surface area contributed by atoms with Gasteiger partial charge in [-0.2, -0.15) is 0 Å². The van der Waals surface area contributed by atoms with E-state index in [9.17, 15) is 24.0 Å². The summed E-state index contributed by atoms with van der Waals surface area (Å²) in [6.07, 6.45) is 15.1. The van der Waals surface area contributed by atoms with Crippen LogP contribution in [0.4, 0.5) is 25.1 Å². The summed E-state index contributed by atoms with van der Waals surface area (Å²) in [5.74, 6) is 2.41. The maximum Gasteiger partial charge on any atom is 0.409 e. The molecule has 0 radical (unpaired) electrons. The van der Waals surface area contributed by atoms with Crippen LogP contribution in [-0.2, 0) is 9.47 Å². The number of alkyl carbamates (subject to hydrolysis) is 1. The molecule has 17 heteroatoms. The van der Waals surface area contributed by atoms with Gasteiger partial charge in [-0.15, -0.1) is 0 Å². The van der Waals surface area contributed by atoms with Gasteiger partial charge >= 0.3 is 24.2 Å². The zero-order valence-electron chi connectivity index (χ0n) is 46.2. The van der Waals surface area contributed by atoms with Crippen LogP contribution in [0.3, 0.4) is 0 Å². The van der Waals surface area contributed by atoms with Crippen molar-refractivity contribution < 1.29 is 28.7 Å². The Balaban J connectivity index is 0.000000377. The average Bonchev–Trinajstić information content (AvgIpc) is 3.25. The third-order valence-corrected chi connectivity index (χ3v) is 14.7. The molecule has 2 saturated carbocycles. The number of hydrogen-bond acceptors (Lipinski definition) is 10. The molecule has 1 aliphatic heterocycles. The van der Waals surface area contributed by atoms with Gasteiger partial charge in [-0.1, -0.05) is 115 Å². The molecule has 7 N–H and O–H groups in total. The second-order valence-corrected chi connectivity index (χ2v) is 23.2. The third kappa shape index (κ3) is 21.7. The van der Waals surface area contributed by atoms with E-state index >= 15 is 0 Å². The molecule has 0 spiro atoms. The Kier molecular flexibility index (Phi) is 23.5. The lowest BCUT2D eigenvalue weighted by Crippen LogP contribution is -2.53. The molecular formula is C54H94N10O7. The van der Waals surface area contributed by atoms with E-state index in [1.54, 1.807) is 11.8 Å². The Bertz CT molecular complexity index is 2040. The molecule has 1 aromatic heterocycles. The van der Waals surface area contributed by atoms with E-state index in [2.05, 4.69) is 130 Å². The lowest BCUT2D eigenvalue weighted by atomic mass is 9.62. The number of guanidine groups is 1. The number of amides is 6. The molecule has 17 nitrogen and oxygen atoms in total. The fourth-order valence-corrected chi connectivity index (χ4v) is 11.5. The summed E-state index contributed by atoms with van der Waals surface area (Å²) in [6, 6.07) is 0.638. The Morgan fingerprint density at radius 2 is 1.32 bits per heavy atom. The van der Waals surface area contributed by atoms with Crippen LogP contribution in [0.1, 0.15) is 179 Å². The van der Waals surface area contributed by atoms with Crippen molar-refractivity contribution in [1.29, 1.82) is 0 Å². The first-order valence-electron chi connectivity index (χ1n) is 26.5. The minimum absolute atomic E-state index is 0.00172. The minimum Gasteiger partial charge on any atom is -0.450 e. The lowest BCUT2D eigenvalue weighted by Gasteiger charge is -2.48. The fourth-order valence-electron chi connectivity index (χ4n) is 11.5. The van der Waals surface area contributed by atoms with Crippen molar-refractivity contribution >= 4 is 36.2 Å². The predicted molar refractivity (Wildman–Crippen MR) is 285 cm³/mol. The van der Waals surface area contributed by atoms with Gasteiger partial charge in [-0.3, -0.25) is 20.4 Å². The molecule has 0 aromatic carbocycles. The fraction of sp³-hybridized carbons (Fsp3) is 0.759. The molecule has 0 bridgehead atoms. The number of aryl methyl sites for hydroxylation is 1. The molecule has 2 aliphatic carbocycles. The molecule has 2 heterocycles. The van der Waals surface area contributed by atoms with E-state index in [0.29, 0.717) is 55.5 Å². The number of anilines is 1. The molecule has 1 aromatic rings. The van der Waals surface area contributed by atoms with Crippen molar-refractivity contribution in [1.82, 2.24) is 41.5 Å². The Hall–Kier alpha value is -5.09.